The SMILES string of the molecule is CCCCCCCCCCOc1c(OCCCCCCCCCC)c(OC(C)=O)c(OCCCCCCCCCC)c(OCCCCCCCCCC)c1OC(C)=O. The molecule has 0 atom stereocenters. The Morgan fingerprint density at radius 1 is 0.276 bits per heavy atom. The lowest BCUT2D eigenvalue weighted by Gasteiger charge is -2.24. The molecule has 0 radical (unpaired) electrons. The van der Waals surface area contributed by atoms with Crippen LogP contribution in [0.25, 0.3) is 0 Å². The quantitative estimate of drug-likeness (QED) is 0.0366. The van der Waals surface area contributed by atoms with Gasteiger partial charge in [0.05, 0.1) is 26.4 Å². The Kier molecular flexibility index (Phi) is 35.5. The summed E-state index contributed by atoms with van der Waals surface area (Å²) < 4.78 is 38.1. The van der Waals surface area contributed by atoms with Gasteiger partial charge in [0, 0.05) is 13.8 Å². The van der Waals surface area contributed by atoms with Crippen LogP contribution in [0.3, 0.4) is 0 Å². The van der Waals surface area contributed by atoms with Crippen LogP contribution in [0.15, 0.2) is 0 Å². The fraction of sp³-hybridized carbons (Fsp3) is 0.840. The lowest BCUT2D eigenvalue weighted by molar-refractivity contribution is -0.133. The minimum Gasteiger partial charge on any atom is -0.486 e. The molecule has 0 saturated heterocycles. The molecule has 0 aliphatic heterocycles. The van der Waals surface area contributed by atoms with Gasteiger partial charge in [0.25, 0.3) is 0 Å². The standard InChI is InChI=1S/C50H90O8/c1-7-11-15-19-23-27-31-35-39-53-45-46(54-40-36-32-28-24-20-16-12-8-2)50(58-44(6)52)48(56-42-38-34-30-26-22-18-14-10-4)47(49(45)57-43(5)51)55-41-37-33-29-25-21-17-13-9-3/h7-42H2,1-6H3. The van der Waals surface area contributed by atoms with Crippen molar-refractivity contribution >= 4 is 11.9 Å². The highest BCUT2D eigenvalue weighted by atomic mass is 16.6. The normalized spacial score (nSPS) is 11.1. The minimum atomic E-state index is -0.503. The maximum atomic E-state index is 12.8. The van der Waals surface area contributed by atoms with Gasteiger partial charge in [0.1, 0.15) is 0 Å². The first-order valence-electron chi connectivity index (χ1n) is 24.5. The van der Waals surface area contributed by atoms with E-state index in [1.54, 1.807) is 0 Å². The van der Waals surface area contributed by atoms with Crippen molar-refractivity contribution in [3.05, 3.63) is 0 Å². The average molecular weight is 819 g/mol. The Morgan fingerprint density at radius 2 is 0.448 bits per heavy atom. The van der Waals surface area contributed by atoms with Gasteiger partial charge in [-0.05, 0) is 25.7 Å². The van der Waals surface area contributed by atoms with Crippen LogP contribution in [0, 0.1) is 0 Å². The van der Waals surface area contributed by atoms with E-state index in [4.69, 9.17) is 28.4 Å². The summed E-state index contributed by atoms with van der Waals surface area (Å²) in [6.07, 6.45) is 37.1. The van der Waals surface area contributed by atoms with Gasteiger partial charge in [-0.3, -0.25) is 9.59 Å². The van der Waals surface area contributed by atoms with E-state index in [1.165, 1.54) is 142 Å². The van der Waals surface area contributed by atoms with Crippen LogP contribution < -0.4 is 28.4 Å². The second-order valence-electron chi connectivity index (χ2n) is 16.5. The third-order valence-electron chi connectivity index (χ3n) is 10.7. The molecule has 1 aromatic carbocycles. The molecule has 0 N–H and O–H groups in total. The molecule has 0 fully saturated rings. The van der Waals surface area contributed by atoms with Gasteiger partial charge in [-0.2, -0.15) is 0 Å². The summed E-state index contributed by atoms with van der Waals surface area (Å²) in [4.78, 5) is 25.6. The van der Waals surface area contributed by atoms with E-state index in [1.807, 2.05) is 0 Å². The molecule has 58 heavy (non-hydrogen) atoms. The molecule has 0 aliphatic carbocycles. The van der Waals surface area contributed by atoms with Crippen LogP contribution in [-0.2, 0) is 9.59 Å². The molecule has 0 amide bonds. The summed E-state index contributed by atoms with van der Waals surface area (Å²) in [5.41, 5.74) is 0. The van der Waals surface area contributed by atoms with Crippen LogP contribution in [0.2, 0.25) is 0 Å². The van der Waals surface area contributed by atoms with Crippen molar-refractivity contribution in [1.29, 1.82) is 0 Å². The van der Waals surface area contributed by atoms with Crippen molar-refractivity contribution in [2.45, 2.75) is 247 Å². The largest absolute Gasteiger partial charge is 0.486 e. The monoisotopic (exact) mass is 819 g/mol. The van der Waals surface area contributed by atoms with Gasteiger partial charge in [-0.25, -0.2) is 0 Å². The molecule has 0 heterocycles. The van der Waals surface area contributed by atoms with Crippen molar-refractivity contribution < 1.29 is 38.0 Å². The van der Waals surface area contributed by atoms with Crippen LogP contribution in [0.1, 0.15) is 247 Å². The lowest BCUT2D eigenvalue weighted by atomic mass is 10.1. The molecule has 1 rings (SSSR count). The number of esters is 2. The van der Waals surface area contributed by atoms with E-state index >= 15 is 0 Å². The third kappa shape index (κ3) is 27.2. The maximum absolute atomic E-state index is 12.8. The molecule has 0 saturated carbocycles. The van der Waals surface area contributed by atoms with Crippen LogP contribution in [0.4, 0.5) is 0 Å². The maximum Gasteiger partial charge on any atom is 0.308 e. The molecule has 0 spiro atoms. The van der Waals surface area contributed by atoms with Crippen molar-refractivity contribution in [3.8, 4) is 34.5 Å². The highest BCUT2D eigenvalue weighted by molar-refractivity contribution is 5.81. The van der Waals surface area contributed by atoms with Gasteiger partial charge in [-0.15, -0.1) is 0 Å². The van der Waals surface area contributed by atoms with E-state index in [0.717, 1.165) is 77.0 Å². The van der Waals surface area contributed by atoms with Gasteiger partial charge < -0.3 is 28.4 Å². The number of hydrogen-bond donors (Lipinski definition) is 0. The van der Waals surface area contributed by atoms with Crippen LogP contribution in [0.5, 0.6) is 34.5 Å². The smallest absolute Gasteiger partial charge is 0.308 e. The second-order valence-corrected chi connectivity index (χ2v) is 16.5. The first kappa shape index (κ1) is 53.4. The van der Waals surface area contributed by atoms with Crippen molar-refractivity contribution in [1.82, 2.24) is 0 Å². The second kappa shape index (κ2) is 38.6. The first-order valence-corrected chi connectivity index (χ1v) is 24.5. The number of carbonyl (C=O) groups is 2. The highest BCUT2D eigenvalue weighted by Crippen LogP contribution is 2.58. The van der Waals surface area contributed by atoms with E-state index in [9.17, 15) is 9.59 Å². The Balaban J connectivity index is 3.45. The topological polar surface area (TPSA) is 89.5 Å². The van der Waals surface area contributed by atoms with Crippen molar-refractivity contribution in [3.63, 3.8) is 0 Å². The Hall–Kier alpha value is -2.64. The summed E-state index contributed by atoms with van der Waals surface area (Å²) in [6.45, 7) is 13.3. The summed E-state index contributed by atoms with van der Waals surface area (Å²) >= 11 is 0. The molecule has 0 aliphatic rings. The average Bonchev–Trinajstić information content (AvgIpc) is 3.20. The zero-order chi connectivity index (χ0) is 42.3. The Morgan fingerprint density at radius 3 is 0.621 bits per heavy atom. The fourth-order valence-corrected chi connectivity index (χ4v) is 7.26. The number of hydrogen-bond acceptors (Lipinski definition) is 8. The molecular weight excluding hydrogens is 729 g/mol. The molecule has 0 unspecified atom stereocenters. The zero-order valence-electron chi connectivity index (χ0n) is 38.7. The molecule has 0 bridgehead atoms. The third-order valence-corrected chi connectivity index (χ3v) is 10.7. The summed E-state index contributed by atoms with van der Waals surface area (Å²) in [7, 11) is 0. The highest BCUT2D eigenvalue weighted by Gasteiger charge is 2.33. The number of rotatable bonds is 42. The molecule has 8 nitrogen and oxygen atoms in total. The fourth-order valence-electron chi connectivity index (χ4n) is 7.26. The number of benzene rings is 1. The number of carbonyl (C=O) groups excluding carboxylic acids is 2. The van der Waals surface area contributed by atoms with Gasteiger partial charge >= 0.3 is 11.9 Å². The predicted octanol–water partition coefficient (Wildman–Crippen LogP) is 15.6. The Labute approximate surface area is 356 Å². The molecule has 8 heteroatoms. The predicted molar refractivity (Wildman–Crippen MR) is 241 cm³/mol. The molecule has 1 aromatic rings. The zero-order valence-corrected chi connectivity index (χ0v) is 38.7. The number of unbranched alkanes of at least 4 members (excludes halogenated alkanes) is 28. The lowest BCUT2D eigenvalue weighted by Crippen LogP contribution is -2.14. The summed E-state index contributed by atoms with van der Waals surface area (Å²) in [6, 6.07) is 0. The molecule has 0 aromatic heterocycles. The summed E-state index contributed by atoms with van der Waals surface area (Å²) in [5.74, 6) is 0.213. The van der Waals surface area contributed by atoms with E-state index in [0.29, 0.717) is 26.4 Å². The Bertz CT molecular complexity index is 979. The van der Waals surface area contributed by atoms with E-state index in [2.05, 4.69) is 27.7 Å². The van der Waals surface area contributed by atoms with Crippen molar-refractivity contribution in [2.75, 3.05) is 26.4 Å². The first-order chi connectivity index (χ1) is 28.4. The van der Waals surface area contributed by atoms with Gasteiger partial charge in [-0.1, -0.05) is 207 Å². The van der Waals surface area contributed by atoms with E-state index in [-0.39, 0.29) is 34.5 Å². The van der Waals surface area contributed by atoms with E-state index < -0.39 is 11.9 Å². The van der Waals surface area contributed by atoms with Crippen LogP contribution >= 0.6 is 0 Å². The molecule has 338 valence electrons. The van der Waals surface area contributed by atoms with Gasteiger partial charge in [0.2, 0.25) is 34.5 Å². The minimum absolute atomic E-state index is 0.138. The van der Waals surface area contributed by atoms with Crippen molar-refractivity contribution in [2.24, 2.45) is 0 Å². The number of ether oxygens (including phenoxy) is 6. The molecular formula is C50H90O8. The van der Waals surface area contributed by atoms with Crippen LogP contribution in [-0.4, -0.2) is 38.4 Å². The van der Waals surface area contributed by atoms with Gasteiger partial charge in [0.15, 0.2) is 0 Å². The summed E-state index contributed by atoms with van der Waals surface area (Å²) in [5, 5.41) is 0.